The van der Waals surface area contributed by atoms with Gasteiger partial charge in [0.25, 0.3) is 0 Å². The molecule has 1 aliphatic rings. The number of nitrogens with zero attached hydrogens (tertiary/aromatic N) is 1. The highest BCUT2D eigenvalue weighted by Crippen LogP contribution is 2.17. The molecule has 3 nitrogen and oxygen atoms in total. The third-order valence-electron chi connectivity index (χ3n) is 3.27. The molecule has 0 aliphatic carbocycles. The Morgan fingerprint density at radius 2 is 2.41 bits per heavy atom. The van der Waals surface area contributed by atoms with Crippen molar-refractivity contribution in [3.8, 4) is 6.07 Å². The number of aryl methyl sites for hydroxylation is 1. The molecule has 2 rings (SSSR count). The van der Waals surface area contributed by atoms with Crippen molar-refractivity contribution in [2.45, 2.75) is 32.2 Å². The minimum Gasteiger partial charge on any atom is -0.384 e. The zero-order valence-electron chi connectivity index (χ0n) is 10.3. The van der Waals surface area contributed by atoms with Gasteiger partial charge in [-0.05, 0) is 50.4 Å². The first-order chi connectivity index (χ1) is 8.29. The summed E-state index contributed by atoms with van der Waals surface area (Å²) in [5.41, 5.74) is 2.88. The van der Waals surface area contributed by atoms with Gasteiger partial charge in [-0.3, -0.25) is 0 Å². The van der Waals surface area contributed by atoms with Gasteiger partial charge in [0.05, 0.1) is 11.3 Å². The van der Waals surface area contributed by atoms with E-state index in [1.807, 2.05) is 25.1 Å². The highest BCUT2D eigenvalue weighted by Gasteiger charge is 2.13. The number of rotatable bonds is 4. The van der Waals surface area contributed by atoms with Crippen LogP contribution in [0.2, 0.25) is 0 Å². The van der Waals surface area contributed by atoms with Gasteiger partial charge in [0, 0.05) is 12.6 Å². The van der Waals surface area contributed by atoms with Crippen LogP contribution in [0.5, 0.6) is 0 Å². The van der Waals surface area contributed by atoms with Crippen molar-refractivity contribution in [2.75, 3.05) is 18.4 Å². The lowest BCUT2D eigenvalue weighted by molar-refractivity contribution is 0.574. The van der Waals surface area contributed by atoms with Crippen molar-refractivity contribution < 1.29 is 0 Å². The van der Waals surface area contributed by atoms with E-state index in [2.05, 4.69) is 16.7 Å². The van der Waals surface area contributed by atoms with Crippen molar-refractivity contribution in [3.05, 3.63) is 29.3 Å². The molecule has 0 amide bonds. The first kappa shape index (κ1) is 11.9. The molecule has 1 fully saturated rings. The Kier molecular flexibility index (Phi) is 4.00. The highest BCUT2D eigenvalue weighted by molar-refractivity contribution is 5.58. The second-order valence-electron chi connectivity index (χ2n) is 4.67. The predicted octanol–water partition coefficient (Wildman–Crippen LogP) is 2.42. The normalized spacial score (nSPS) is 18.9. The maximum absolute atomic E-state index is 9.02. The van der Waals surface area contributed by atoms with Gasteiger partial charge in [-0.1, -0.05) is 6.07 Å². The fourth-order valence-electron chi connectivity index (χ4n) is 2.29. The molecule has 0 radical (unpaired) electrons. The lowest BCUT2D eigenvalue weighted by Gasteiger charge is -2.12. The van der Waals surface area contributed by atoms with Crippen molar-refractivity contribution in [3.63, 3.8) is 0 Å². The Morgan fingerprint density at radius 1 is 1.53 bits per heavy atom. The Hall–Kier alpha value is -1.53. The molecule has 1 atom stereocenters. The molecule has 17 heavy (non-hydrogen) atoms. The average molecular weight is 229 g/mol. The minimum absolute atomic E-state index is 0.651. The SMILES string of the molecule is Cc1ccc(C#N)c(NCCC2CCCN2)c1. The fraction of sp³-hybridized carbons (Fsp3) is 0.500. The van der Waals surface area contributed by atoms with Crippen molar-refractivity contribution in [1.82, 2.24) is 5.32 Å². The van der Waals surface area contributed by atoms with E-state index in [4.69, 9.17) is 5.26 Å². The molecular weight excluding hydrogens is 210 g/mol. The summed E-state index contributed by atoms with van der Waals surface area (Å²) in [4.78, 5) is 0. The monoisotopic (exact) mass is 229 g/mol. The number of benzene rings is 1. The van der Waals surface area contributed by atoms with Gasteiger partial charge in [0.15, 0.2) is 0 Å². The molecule has 1 saturated heterocycles. The van der Waals surface area contributed by atoms with Gasteiger partial charge in [-0.15, -0.1) is 0 Å². The molecule has 0 aromatic heterocycles. The first-order valence-electron chi connectivity index (χ1n) is 6.27. The molecule has 0 bridgehead atoms. The van der Waals surface area contributed by atoms with Crippen LogP contribution in [0, 0.1) is 18.3 Å². The molecule has 0 spiro atoms. The maximum Gasteiger partial charge on any atom is 0.101 e. The zero-order chi connectivity index (χ0) is 12.1. The third kappa shape index (κ3) is 3.21. The molecular formula is C14H19N3. The van der Waals surface area contributed by atoms with Gasteiger partial charge in [-0.2, -0.15) is 5.26 Å². The van der Waals surface area contributed by atoms with E-state index in [-0.39, 0.29) is 0 Å². The van der Waals surface area contributed by atoms with Crippen molar-refractivity contribution in [1.29, 1.82) is 5.26 Å². The number of nitriles is 1. The van der Waals surface area contributed by atoms with E-state index >= 15 is 0 Å². The van der Waals surface area contributed by atoms with Crippen LogP contribution in [0.3, 0.4) is 0 Å². The second-order valence-corrected chi connectivity index (χ2v) is 4.67. The van der Waals surface area contributed by atoms with Gasteiger partial charge < -0.3 is 10.6 Å². The lowest BCUT2D eigenvalue weighted by Crippen LogP contribution is -2.24. The molecule has 3 heteroatoms. The predicted molar refractivity (Wildman–Crippen MR) is 70.0 cm³/mol. The molecule has 1 aliphatic heterocycles. The van der Waals surface area contributed by atoms with Crippen LogP contribution < -0.4 is 10.6 Å². The van der Waals surface area contributed by atoms with Gasteiger partial charge in [0.2, 0.25) is 0 Å². The van der Waals surface area contributed by atoms with Gasteiger partial charge in [0.1, 0.15) is 6.07 Å². The molecule has 1 aromatic rings. The van der Waals surface area contributed by atoms with Gasteiger partial charge in [-0.25, -0.2) is 0 Å². The van der Waals surface area contributed by atoms with Crippen molar-refractivity contribution >= 4 is 5.69 Å². The summed E-state index contributed by atoms with van der Waals surface area (Å²) in [5.74, 6) is 0. The summed E-state index contributed by atoms with van der Waals surface area (Å²) in [7, 11) is 0. The van der Waals surface area contributed by atoms with E-state index < -0.39 is 0 Å². The third-order valence-corrected chi connectivity index (χ3v) is 3.27. The molecule has 2 N–H and O–H groups in total. The van der Waals surface area contributed by atoms with Crippen molar-refractivity contribution in [2.24, 2.45) is 0 Å². The summed E-state index contributed by atoms with van der Waals surface area (Å²) in [6, 6.07) is 8.77. The Labute approximate surface area is 103 Å². The van der Waals surface area contributed by atoms with Crippen LogP contribution in [0.15, 0.2) is 18.2 Å². The highest BCUT2D eigenvalue weighted by atomic mass is 15.0. The number of hydrogen-bond acceptors (Lipinski definition) is 3. The zero-order valence-corrected chi connectivity index (χ0v) is 10.3. The smallest absolute Gasteiger partial charge is 0.101 e. The summed E-state index contributed by atoms with van der Waals surface area (Å²) >= 11 is 0. The molecule has 90 valence electrons. The molecule has 1 unspecified atom stereocenters. The van der Waals surface area contributed by atoms with E-state index in [1.165, 1.54) is 18.4 Å². The Balaban J connectivity index is 1.89. The topological polar surface area (TPSA) is 47.9 Å². The van der Waals surface area contributed by atoms with Crippen LogP contribution >= 0.6 is 0 Å². The lowest BCUT2D eigenvalue weighted by atomic mass is 10.1. The molecule has 1 aromatic carbocycles. The average Bonchev–Trinajstić information content (AvgIpc) is 2.82. The minimum atomic E-state index is 0.651. The number of nitrogens with one attached hydrogen (secondary N) is 2. The Morgan fingerprint density at radius 3 is 3.12 bits per heavy atom. The molecule has 1 heterocycles. The van der Waals surface area contributed by atoms with E-state index in [0.29, 0.717) is 6.04 Å². The maximum atomic E-state index is 9.02. The Bertz CT molecular complexity index is 414. The quantitative estimate of drug-likeness (QED) is 0.833. The van der Waals surface area contributed by atoms with Crippen LogP contribution in [-0.2, 0) is 0 Å². The largest absolute Gasteiger partial charge is 0.384 e. The van der Waals surface area contributed by atoms with Crippen LogP contribution in [-0.4, -0.2) is 19.1 Å². The van der Waals surface area contributed by atoms with E-state index in [0.717, 1.165) is 30.8 Å². The fourth-order valence-corrected chi connectivity index (χ4v) is 2.29. The van der Waals surface area contributed by atoms with Crippen LogP contribution in [0.4, 0.5) is 5.69 Å². The van der Waals surface area contributed by atoms with Crippen LogP contribution in [0.25, 0.3) is 0 Å². The summed E-state index contributed by atoms with van der Waals surface area (Å²) in [6.07, 6.45) is 3.69. The summed E-state index contributed by atoms with van der Waals surface area (Å²) < 4.78 is 0. The molecule has 0 saturated carbocycles. The first-order valence-corrected chi connectivity index (χ1v) is 6.27. The number of anilines is 1. The summed E-state index contributed by atoms with van der Waals surface area (Å²) in [6.45, 7) is 4.12. The van der Waals surface area contributed by atoms with Crippen LogP contribution in [0.1, 0.15) is 30.4 Å². The summed E-state index contributed by atoms with van der Waals surface area (Å²) in [5, 5.41) is 15.9. The van der Waals surface area contributed by atoms with E-state index in [9.17, 15) is 0 Å². The number of hydrogen-bond donors (Lipinski definition) is 2. The van der Waals surface area contributed by atoms with Gasteiger partial charge >= 0.3 is 0 Å². The standard InChI is InChI=1S/C14H19N3/c1-11-4-5-12(10-15)14(9-11)17-8-6-13-3-2-7-16-13/h4-5,9,13,16-17H,2-3,6-8H2,1H3. The van der Waals surface area contributed by atoms with E-state index in [1.54, 1.807) is 0 Å². The second kappa shape index (κ2) is 5.70.